The van der Waals surface area contributed by atoms with Crippen LogP contribution in [0.4, 0.5) is 8.78 Å². The van der Waals surface area contributed by atoms with E-state index in [-0.39, 0.29) is 23.3 Å². The van der Waals surface area contributed by atoms with Gasteiger partial charge in [0.2, 0.25) is 0 Å². The number of allylic oxidation sites excluding steroid dienone is 2. The third-order valence-corrected chi connectivity index (χ3v) is 5.66. The molecule has 0 aromatic heterocycles. The van der Waals surface area contributed by atoms with Gasteiger partial charge in [-0.05, 0) is 39.3 Å². The fourth-order valence-corrected chi connectivity index (χ4v) is 4.06. The molecule has 0 radical (unpaired) electrons. The smallest absolute Gasteiger partial charge is 0.337 e. The van der Waals surface area contributed by atoms with Crippen LogP contribution in [0.5, 0.6) is 0 Å². The molecule has 0 saturated carbocycles. The van der Waals surface area contributed by atoms with Crippen LogP contribution in [0.25, 0.3) is 0 Å². The number of carbonyl (C=O) groups excluding carboxylic acids is 2. The zero-order valence-corrected chi connectivity index (χ0v) is 20.4. The summed E-state index contributed by atoms with van der Waals surface area (Å²) >= 11 is 0. The van der Waals surface area contributed by atoms with E-state index in [1.165, 1.54) is 19.2 Å². The summed E-state index contributed by atoms with van der Waals surface area (Å²) in [5.74, 6) is -5.01. The molecule has 2 atom stereocenters. The summed E-state index contributed by atoms with van der Waals surface area (Å²) in [6, 6.07) is 12.8. The molecule has 35 heavy (non-hydrogen) atoms. The lowest BCUT2D eigenvalue weighted by atomic mass is 9.80. The first kappa shape index (κ1) is 26.1. The third-order valence-electron chi connectivity index (χ3n) is 5.66. The zero-order chi connectivity index (χ0) is 25.7. The maximum Gasteiger partial charge on any atom is 0.337 e. The van der Waals surface area contributed by atoms with E-state index < -0.39 is 41.7 Å². The lowest BCUT2D eigenvalue weighted by molar-refractivity contribution is -0.143. The molecular formula is C27H29F2NO5. The number of methoxy groups -OCH3 is 1. The number of dihydropyridines is 1. The molecule has 0 fully saturated rings. The Morgan fingerprint density at radius 2 is 1.57 bits per heavy atom. The number of carbonyl (C=O) groups is 2. The fraction of sp³-hybridized carbons (Fsp3) is 0.333. The quantitative estimate of drug-likeness (QED) is 0.526. The van der Waals surface area contributed by atoms with Crippen molar-refractivity contribution in [3.8, 4) is 0 Å². The van der Waals surface area contributed by atoms with Crippen molar-refractivity contribution in [2.45, 2.75) is 45.8 Å². The van der Waals surface area contributed by atoms with E-state index in [0.29, 0.717) is 11.4 Å². The SMILES string of the molecule is CO[C@@H](COC(=O)C1=C(C)NC(C)=C(C(=O)OC(C)C)C1c1cccc(F)c1F)c1ccccc1. The van der Waals surface area contributed by atoms with Crippen molar-refractivity contribution >= 4 is 11.9 Å². The molecule has 0 bridgehead atoms. The van der Waals surface area contributed by atoms with Gasteiger partial charge < -0.3 is 19.5 Å². The van der Waals surface area contributed by atoms with E-state index in [1.807, 2.05) is 30.3 Å². The van der Waals surface area contributed by atoms with E-state index in [9.17, 15) is 14.0 Å². The number of halogens is 2. The van der Waals surface area contributed by atoms with Crippen molar-refractivity contribution < 1.29 is 32.6 Å². The Morgan fingerprint density at radius 1 is 0.943 bits per heavy atom. The van der Waals surface area contributed by atoms with Crippen LogP contribution in [0.2, 0.25) is 0 Å². The van der Waals surface area contributed by atoms with Crippen LogP contribution >= 0.6 is 0 Å². The lowest BCUT2D eigenvalue weighted by Gasteiger charge is -2.31. The maximum absolute atomic E-state index is 15.0. The molecule has 8 heteroatoms. The van der Waals surface area contributed by atoms with Gasteiger partial charge in [0.25, 0.3) is 0 Å². The summed E-state index contributed by atoms with van der Waals surface area (Å²) in [4.78, 5) is 26.4. The molecule has 1 aliphatic rings. The molecule has 0 saturated heterocycles. The molecule has 1 aliphatic heterocycles. The van der Waals surface area contributed by atoms with Gasteiger partial charge in [-0.15, -0.1) is 0 Å². The first-order valence-electron chi connectivity index (χ1n) is 11.2. The summed E-state index contributed by atoms with van der Waals surface area (Å²) < 4.78 is 45.6. The maximum atomic E-state index is 15.0. The summed E-state index contributed by atoms with van der Waals surface area (Å²) in [7, 11) is 1.50. The number of rotatable bonds is 8. The predicted molar refractivity (Wildman–Crippen MR) is 126 cm³/mol. The molecule has 1 unspecified atom stereocenters. The molecule has 0 aliphatic carbocycles. The van der Waals surface area contributed by atoms with Gasteiger partial charge in [-0.1, -0.05) is 42.5 Å². The van der Waals surface area contributed by atoms with Gasteiger partial charge in [0.15, 0.2) is 11.6 Å². The first-order chi connectivity index (χ1) is 16.6. The highest BCUT2D eigenvalue weighted by atomic mass is 19.2. The summed E-state index contributed by atoms with van der Waals surface area (Å²) in [6.45, 7) is 6.45. The molecule has 1 heterocycles. The topological polar surface area (TPSA) is 73.9 Å². The van der Waals surface area contributed by atoms with Crippen molar-refractivity contribution in [1.82, 2.24) is 5.32 Å². The molecular weight excluding hydrogens is 456 g/mol. The number of hydrogen-bond acceptors (Lipinski definition) is 6. The van der Waals surface area contributed by atoms with E-state index in [0.717, 1.165) is 11.6 Å². The molecule has 3 rings (SSSR count). The number of esters is 2. The first-order valence-corrected chi connectivity index (χ1v) is 11.2. The Bertz CT molecular complexity index is 1160. The molecule has 186 valence electrons. The Morgan fingerprint density at radius 3 is 2.17 bits per heavy atom. The molecule has 2 aromatic carbocycles. The Hall–Kier alpha value is -3.52. The highest BCUT2D eigenvalue weighted by Crippen LogP contribution is 2.41. The second kappa shape index (κ2) is 11.3. The van der Waals surface area contributed by atoms with E-state index >= 15 is 4.39 Å². The normalized spacial score (nSPS) is 16.7. The van der Waals surface area contributed by atoms with Crippen LogP contribution in [0, 0.1) is 11.6 Å². The van der Waals surface area contributed by atoms with Crippen LogP contribution in [0.1, 0.15) is 50.8 Å². The van der Waals surface area contributed by atoms with Crippen LogP contribution in [-0.4, -0.2) is 31.8 Å². The van der Waals surface area contributed by atoms with Gasteiger partial charge in [0, 0.05) is 24.1 Å². The van der Waals surface area contributed by atoms with Gasteiger partial charge in [0.1, 0.15) is 12.7 Å². The third kappa shape index (κ3) is 5.77. The molecule has 0 spiro atoms. The molecule has 1 N–H and O–H groups in total. The summed E-state index contributed by atoms with van der Waals surface area (Å²) in [5, 5.41) is 2.99. The van der Waals surface area contributed by atoms with Gasteiger partial charge in [-0.3, -0.25) is 0 Å². The average molecular weight is 486 g/mol. The van der Waals surface area contributed by atoms with Gasteiger partial charge in [-0.2, -0.15) is 0 Å². The molecule has 6 nitrogen and oxygen atoms in total. The number of ether oxygens (including phenoxy) is 3. The predicted octanol–water partition coefficient (Wildman–Crippen LogP) is 5.08. The van der Waals surface area contributed by atoms with Gasteiger partial charge >= 0.3 is 11.9 Å². The Labute approximate surface area is 203 Å². The molecule has 0 amide bonds. The van der Waals surface area contributed by atoms with E-state index in [2.05, 4.69) is 5.32 Å². The highest BCUT2D eigenvalue weighted by Gasteiger charge is 2.40. The van der Waals surface area contributed by atoms with E-state index in [4.69, 9.17) is 14.2 Å². The fourth-order valence-electron chi connectivity index (χ4n) is 4.06. The van der Waals surface area contributed by atoms with Crippen LogP contribution < -0.4 is 5.32 Å². The number of benzene rings is 2. The lowest BCUT2D eigenvalue weighted by Crippen LogP contribution is -2.34. The highest BCUT2D eigenvalue weighted by molar-refractivity contribution is 6.00. The Kier molecular flexibility index (Phi) is 8.40. The number of nitrogens with one attached hydrogen (secondary N) is 1. The van der Waals surface area contributed by atoms with E-state index in [1.54, 1.807) is 27.7 Å². The standard InChI is InChI=1S/C27H29F2NO5/c1-15(2)35-27(32)23-17(4)30-16(3)22(24(23)19-12-9-13-20(28)25(19)29)26(31)34-14-21(33-5)18-10-7-6-8-11-18/h6-13,15,21,24,30H,14H2,1-5H3/t21-,24?/m0/s1. The minimum absolute atomic E-state index is 0.00657. The van der Waals surface area contributed by atoms with Crippen LogP contribution in [0.15, 0.2) is 71.1 Å². The monoisotopic (exact) mass is 485 g/mol. The van der Waals surface area contributed by atoms with Crippen LogP contribution in [-0.2, 0) is 23.8 Å². The van der Waals surface area contributed by atoms with Crippen LogP contribution in [0.3, 0.4) is 0 Å². The zero-order valence-electron chi connectivity index (χ0n) is 20.4. The minimum atomic E-state index is -1.23. The largest absolute Gasteiger partial charge is 0.460 e. The van der Waals surface area contributed by atoms with Gasteiger partial charge in [-0.25, -0.2) is 18.4 Å². The number of hydrogen-bond donors (Lipinski definition) is 1. The van der Waals surface area contributed by atoms with Crippen molar-refractivity contribution in [1.29, 1.82) is 0 Å². The second-order valence-electron chi connectivity index (χ2n) is 8.47. The Balaban J connectivity index is 2.01. The minimum Gasteiger partial charge on any atom is -0.460 e. The summed E-state index contributed by atoms with van der Waals surface area (Å²) in [5.41, 5.74) is 1.36. The average Bonchev–Trinajstić information content (AvgIpc) is 2.80. The second-order valence-corrected chi connectivity index (χ2v) is 8.47. The van der Waals surface area contributed by atoms with Crippen molar-refractivity contribution in [3.63, 3.8) is 0 Å². The van der Waals surface area contributed by atoms with Crippen molar-refractivity contribution in [3.05, 3.63) is 93.8 Å². The molecule has 2 aromatic rings. The summed E-state index contributed by atoms with van der Waals surface area (Å²) in [6.07, 6.45) is -0.999. The van der Waals surface area contributed by atoms with Crippen molar-refractivity contribution in [2.24, 2.45) is 0 Å². The van der Waals surface area contributed by atoms with Gasteiger partial charge in [0.05, 0.1) is 23.2 Å². The van der Waals surface area contributed by atoms with Crippen molar-refractivity contribution in [2.75, 3.05) is 13.7 Å².